The highest BCUT2D eigenvalue weighted by molar-refractivity contribution is 5.79. The average Bonchev–Trinajstić information content (AvgIpc) is 3.02. The average molecular weight is 348 g/mol. The molecule has 0 unspecified atom stereocenters. The van der Waals surface area contributed by atoms with Crippen LogP contribution in [0, 0.1) is 5.82 Å². The Bertz CT molecular complexity index is 1130. The van der Waals surface area contributed by atoms with Gasteiger partial charge in [-0.2, -0.15) is 0 Å². The van der Waals surface area contributed by atoms with Gasteiger partial charge in [0, 0.05) is 31.0 Å². The maximum Gasteiger partial charge on any atom is 0.252 e. The Kier molecular flexibility index (Phi) is 4.01. The molecule has 0 saturated heterocycles. The van der Waals surface area contributed by atoms with E-state index in [0.29, 0.717) is 12.1 Å². The number of hydrogen-bond donors (Lipinski definition) is 2. The second-order valence-electron chi connectivity index (χ2n) is 6.16. The van der Waals surface area contributed by atoms with Crippen LogP contribution in [0.5, 0.6) is 0 Å². The van der Waals surface area contributed by atoms with Crippen molar-refractivity contribution in [2.45, 2.75) is 6.54 Å². The molecule has 0 atom stereocenters. The molecule has 130 valence electrons. The molecule has 5 nitrogen and oxygen atoms in total. The second kappa shape index (κ2) is 6.48. The third kappa shape index (κ3) is 3.09. The summed E-state index contributed by atoms with van der Waals surface area (Å²) in [6, 6.07) is 13.9. The van der Waals surface area contributed by atoms with Crippen molar-refractivity contribution in [3.63, 3.8) is 0 Å². The lowest BCUT2D eigenvalue weighted by molar-refractivity contribution is 0.628. The number of H-pyrrole nitrogens is 1. The molecule has 0 bridgehead atoms. The predicted octanol–water partition coefficient (Wildman–Crippen LogP) is 3.68. The van der Waals surface area contributed by atoms with Gasteiger partial charge >= 0.3 is 0 Å². The first kappa shape index (κ1) is 16.1. The van der Waals surface area contributed by atoms with E-state index in [9.17, 15) is 9.18 Å². The Balaban J connectivity index is 1.57. The number of benzene rings is 2. The number of imidazole rings is 1. The summed E-state index contributed by atoms with van der Waals surface area (Å²) in [7, 11) is 1.95. The maximum absolute atomic E-state index is 13.1. The van der Waals surface area contributed by atoms with Crippen molar-refractivity contribution in [1.29, 1.82) is 0 Å². The molecule has 0 saturated carbocycles. The van der Waals surface area contributed by atoms with Crippen molar-refractivity contribution in [1.82, 2.24) is 14.5 Å². The first-order valence-corrected chi connectivity index (χ1v) is 8.23. The lowest BCUT2D eigenvalue weighted by Crippen LogP contribution is -2.15. The minimum absolute atomic E-state index is 0.151. The lowest BCUT2D eigenvalue weighted by Gasteiger charge is -2.08. The Hall–Kier alpha value is -3.41. The van der Waals surface area contributed by atoms with Gasteiger partial charge in [-0.15, -0.1) is 0 Å². The molecule has 6 heteroatoms. The van der Waals surface area contributed by atoms with E-state index in [0.717, 1.165) is 27.8 Å². The van der Waals surface area contributed by atoms with Crippen LogP contribution in [-0.2, 0) is 13.6 Å². The zero-order valence-corrected chi connectivity index (χ0v) is 14.2. The molecule has 2 N–H and O–H groups in total. The van der Waals surface area contributed by atoms with Crippen molar-refractivity contribution in [2.24, 2.45) is 7.05 Å². The monoisotopic (exact) mass is 348 g/mol. The highest BCUT2D eigenvalue weighted by Crippen LogP contribution is 2.20. The van der Waals surface area contributed by atoms with Gasteiger partial charge in [0.25, 0.3) is 5.56 Å². The topological polar surface area (TPSA) is 62.7 Å². The van der Waals surface area contributed by atoms with E-state index >= 15 is 0 Å². The summed E-state index contributed by atoms with van der Waals surface area (Å²) in [5.74, 6) is -0.287. The van der Waals surface area contributed by atoms with Crippen molar-refractivity contribution >= 4 is 16.7 Å². The summed E-state index contributed by atoms with van der Waals surface area (Å²) in [6.07, 6.45) is 3.41. The SMILES string of the molecule is Cn1cnc2cc(NCc3cc(-c4ccc(F)cc4)c[nH]c3=O)ccc21. The maximum atomic E-state index is 13.1. The van der Waals surface area contributed by atoms with Gasteiger partial charge in [0.2, 0.25) is 0 Å². The van der Waals surface area contributed by atoms with E-state index in [1.165, 1.54) is 12.1 Å². The molecular formula is C20H17FN4O. The van der Waals surface area contributed by atoms with E-state index in [2.05, 4.69) is 15.3 Å². The van der Waals surface area contributed by atoms with E-state index in [4.69, 9.17) is 0 Å². The molecule has 0 aliphatic carbocycles. The number of anilines is 1. The number of rotatable bonds is 4. The van der Waals surface area contributed by atoms with Crippen molar-refractivity contribution in [3.05, 3.63) is 82.8 Å². The molecule has 4 rings (SSSR count). The van der Waals surface area contributed by atoms with Gasteiger partial charge < -0.3 is 14.9 Å². The van der Waals surface area contributed by atoms with Gasteiger partial charge in [0.05, 0.1) is 17.4 Å². The van der Waals surface area contributed by atoms with E-state index in [1.54, 1.807) is 24.7 Å². The van der Waals surface area contributed by atoms with Gasteiger partial charge in [-0.1, -0.05) is 12.1 Å². The van der Waals surface area contributed by atoms with Crippen LogP contribution in [0.15, 0.2) is 65.8 Å². The fourth-order valence-electron chi connectivity index (χ4n) is 2.91. The number of halogens is 1. The number of aromatic amines is 1. The summed E-state index contributed by atoms with van der Waals surface area (Å²) in [4.78, 5) is 19.2. The minimum atomic E-state index is -0.287. The van der Waals surface area contributed by atoms with Gasteiger partial charge in [0.1, 0.15) is 5.82 Å². The lowest BCUT2D eigenvalue weighted by atomic mass is 10.1. The summed E-state index contributed by atoms with van der Waals surface area (Å²) < 4.78 is 15.0. The Morgan fingerprint density at radius 3 is 2.73 bits per heavy atom. The van der Waals surface area contributed by atoms with Crippen LogP contribution in [0.1, 0.15) is 5.56 Å². The molecule has 0 amide bonds. The third-order valence-corrected chi connectivity index (χ3v) is 4.37. The molecule has 0 radical (unpaired) electrons. The molecule has 0 spiro atoms. The highest BCUT2D eigenvalue weighted by atomic mass is 19.1. The van der Waals surface area contributed by atoms with Gasteiger partial charge in [-0.25, -0.2) is 9.37 Å². The van der Waals surface area contributed by atoms with Crippen LogP contribution in [0.2, 0.25) is 0 Å². The van der Waals surface area contributed by atoms with E-state index in [-0.39, 0.29) is 11.4 Å². The Morgan fingerprint density at radius 1 is 1.12 bits per heavy atom. The van der Waals surface area contributed by atoms with Gasteiger partial charge in [-0.3, -0.25) is 4.79 Å². The normalized spacial score (nSPS) is 11.0. The largest absolute Gasteiger partial charge is 0.381 e. The molecule has 0 fully saturated rings. The summed E-state index contributed by atoms with van der Waals surface area (Å²) in [5, 5.41) is 3.26. The molecule has 0 aliphatic rings. The fraction of sp³-hybridized carbons (Fsp3) is 0.100. The molecule has 4 aromatic rings. The van der Waals surface area contributed by atoms with Crippen LogP contribution in [0.25, 0.3) is 22.2 Å². The quantitative estimate of drug-likeness (QED) is 0.591. The van der Waals surface area contributed by atoms with E-state index < -0.39 is 0 Å². The number of aromatic nitrogens is 3. The molecule has 26 heavy (non-hydrogen) atoms. The minimum Gasteiger partial charge on any atom is -0.381 e. The number of pyridine rings is 1. The summed E-state index contributed by atoms with van der Waals surface area (Å²) >= 11 is 0. The predicted molar refractivity (Wildman–Crippen MR) is 100 cm³/mol. The second-order valence-corrected chi connectivity index (χ2v) is 6.16. The molecule has 2 heterocycles. The van der Waals surface area contributed by atoms with Gasteiger partial charge in [0.15, 0.2) is 0 Å². The standard InChI is InChI=1S/C20H17FN4O/c1-25-12-24-18-9-17(6-7-19(18)25)22-11-15-8-14(10-23-20(15)26)13-2-4-16(21)5-3-13/h2-10,12,22H,11H2,1H3,(H,23,26). The molecule has 2 aromatic carbocycles. The molecule has 0 aliphatic heterocycles. The van der Waals surface area contributed by atoms with Crippen LogP contribution >= 0.6 is 0 Å². The van der Waals surface area contributed by atoms with Crippen LogP contribution < -0.4 is 10.9 Å². The van der Waals surface area contributed by atoms with Crippen molar-refractivity contribution in [2.75, 3.05) is 5.32 Å². The smallest absolute Gasteiger partial charge is 0.252 e. The van der Waals surface area contributed by atoms with Crippen LogP contribution in [-0.4, -0.2) is 14.5 Å². The Labute approximate surface area is 149 Å². The number of hydrogen-bond acceptors (Lipinski definition) is 3. The van der Waals surface area contributed by atoms with Gasteiger partial charge in [-0.05, 0) is 47.5 Å². The first-order chi connectivity index (χ1) is 12.6. The highest BCUT2D eigenvalue weighted by Gasteiger charge is 2.06. The summed E-state index contributed by atoms with van der Waals surface area (Å²) in [6.45, 7) is 0.378. The van der Waals surface area contributed by atoms with Crippen molar-refractivity contribution < 1.29 is 4.39 Å². The Morgan fingerprint density at radius 2 is 1.92 bits per heavy atom. The number of aryl methyl sites for hydroxylation is 1. The molecule has 2 aromatic heterocycles. The van der Waals surface area contributed by atoms with Crippen molar-refractivity contribution in [3.8, 4) is 11.1 Å². The zero-order valence-electron chi connectivity index (χ0n) is 14.2. The number of nitrogens with zero attached hydrogens (tertiary/aromatic N) is 2. The first-order valence-electron chi connectivity index (χ1n) is 8.23. The number of nitrogens with one attached hydrogen (secondary N) is 2. The van der Waals surface area contributed by atoms with Crippen LogP contribution in [0.4, 0.5) is 10.1 Å². The zero-order chi connectivity index (χ0) is 18.1. The van der Waals surface area contributed by atoms with Crippen LogP contribution in [0.3, 0.4) is 0 Å². The number of fused-ring (bicyclic) bond motifs is 1. The molecular weight excluding hydrogens is 331 g/mol. The summed E-state index contributed by atoms with van der Waals surface area (Å²) in [5.41, 5.74) is 4.97. The third-order valence-electron chi connectivity index (χ3n) is 4.37. The fourth-order valence-corrected chi connectivity index (χ4v) is 2.91. The van der Waals surface area contributed by atoms with E-state index in [1.807, 2.05) is 35.9 Å².